The van der Waals surface area contributed by atoms with Gasteiger partial charge in [0.15, 0.2) is 0 Å². The lowest BCUT2D eigenvalue weighted by atomic mass is 9.64. The maximum absolute atomic E-state index is 14.3. The molecule has 0 bridgehead atoms. The molecule has 8 rings (SSSR count). The van der Waals surface area contributed by atoms with E-state index < -0.39 is 29.6 Å². The summed E-state index contributed by atoms with van der Waals surface area (Å²) in [6.45, 7) is 0. The number of rotatable bonds is 3. The Balaban J connectivity index is 1.32. The van der Waals surface area contributed by atoms with Crippen molar-refractivity contribution in [1.29, 1.82) is 0 Å². The molecule has 5 aromatic rings. The van der Waals surface area contributed by atoms with E-state index >= 15 is 0 Å². The van der Waals surface area contributed by atoms with Gasteiger partial charge in [-0.3, -0.25) is 14.4 Å². The van der Waals surface area contributed by atoms with Gasteiger partial charge in [-0.2, -0.15) is 0 Å². The van der Waals surface area contributed by atoms with E-state index in [0.29, 0.717) is 17.2 Å². The molecule has 0 aromatic heterocycles. The number of ether oxygens (including phenoxy) is 2. The summed E-state index contributed by atoms with van der Waals surface area (Å²) in [5, 5.41) is 3.72. The first-order chi connectivity index (χ1) is 20.5. The first-order valence-corrected chi connectivity index (χ1v) is 14.0. The van der Waals surface area contributed by atoms with Crippen molar-refractivity contribution >= 4 is 50.6 Å². The maximum Gasteiger partial charge on any atom is 0.319 e. The molecule has 6 heteroatoms. The van der Waals surface area contributed by atoms with Gasteiger partial charge in [-0.05, 0) is 51.6 Å². The fourth-order valence-corrected chi connectivity index (χ4v) is 7.01. The highest BCUT2D eigenvalue weighted by molar-refractivity contribution is 6.25. The summed E-state index contributed by atoms with van der Waals surface area (Å²) >= 11 is 0. The number of amides is 2. The summed E-state index contributed by atoms with van der Waals surface area (Å²) in [6, 6.07) is 32.7. The van der Waals surface area contributed by atoms with Crippen LogP contribution in [0.2, 0.25) is 0 Å². The van der Waals surface area contributed by atoms with Crippen LogP contribution in [0.25, 0.3) is 27.1 Å². The number of hydrogen-bond donors (Lipinski definition) is 0. The van der Waals surface area contributed by atoms with E-state index in [1.54, 1.807) is 13.2 Å². The number of benzene rings is 5. The molecule has 1 aliphatic carbocycles. The van der Waals surface area contributed by atoms with Crippen LogP contribution in [-0.2, 0) is 14.4 Å². The molecule has 1 saturated heterocycles. The summed E-state index contributed by atoms with van der Waals surface area (Å²) in [4.78, 5) is 43.7. The quantitative estimate of drug-likeness (QED) is 0.145. The molecular weight excluding hydrogens is 526 g/mol. The number of carbonyl (C=O) groups is 3. The van der Waals surface area contributed by atoms with E-state index in [-0.39, 0.29) is 11.8 Å². The minimum Gasteiger partial charge on any atom is -0.497 e. The molecule has 0 radical (unpaired) electrons. The molecule has 0 saturated carbocycles. The zero-order valence-electron chi connectivity index (χ0n) is 22.7. The van der Waals surface area contributed by atoms with Gasteiger partial charge in [-0.1, -0.05) is 84.9 Å². The van der Waals surface area contributed by atoms with Crippen LogP contribution in [0.1, 0.15) is 17.0 Å². The van der Waals surface area contributed by atoms with Gasteiger partial charge in [0, 0.05) is 16.9 Å². The van der Waals surface area contributed by atoms with Gasteiger partial charge in [0.2, 0.25) is 11.8 Å². The Morgan fingerprint density at radius 1 is 0.714 bits per heavy atom. The van der Waals surface area contributed by atoms with E-state index in [0.717, 1.165) is 38.2 Å². The third kappa shape index (κ3) is 3.48. The standard InChI is InChI=1S/C36H25NO5/c1-41-25-15-11-22(12-16-25)28-19-29-27-17-13-21-7-4-5-9-26(21)33(27)42-36(40)31(29)32-30(28)34(38)37(35(32)39)24-14-10-20-6-2-3-8-23(20)18-24/h2-19,28,30-32H,1H3/t28-,30+,31-,32+/m0/s1. The third-order valence-electron chi connectivity index (χ3n) is 8.98. The van der Waals surface area contributed by atoms with Gasteiger partial charge in [0.05, 0.1) is 30.6 Å². The number of nitrogens with zero attached hydrogens (tertiary/aromatic N) is 1. The fraction of sp³-hybridized carbons (Fsp3) is 0.139. The third-order valence-corrected chi connectivity index (χ3v) is 8.98. The molecule has 2 aliphatic heterocycles. The molecule has 42 heavy (non-hydrogen) atoms. The molecule has 0 unspecified atom stereocenters. The maximum atomic E-state index is 14.3. The van der Waals surface area contributed by atoms with Crippen LogP contribution >= 0.6 is 0 Å². The van der Waals surface area contributed by atoms with Crippen molar-refractivity contribution < 1.29 is 23.9 Å². The molecule has 3 aliphatic rings. The van der Waals surface area contributed by atoms with E-state index in [2.05, 4.69) is 0 Å². The largest absolute Gasteiger partial charge is 0.497 e. The molecule has 1 fully saturated rings. The second-order valence-electron chi connectivity index (χ2n) is 11.1. The van der Waals surface area contributed by atoms with E-state index in [1.165, 1.54) is 4.90 Å². The van der Waals surface area contributed by atoms with Crippen molar-refractivity contribution in [1.82, 2.24) is 0 Å². The Morgan fingerprint density at radius 2 is 1.40 bits per heavy atom. The lowest BCUT2D eigenvalue weighted by Gasteiger charge is -2.38. The molecule has 2 heterocycles. The van der Waals surface area contributed by atoms with Crippen molar-refractivity contribution in [3.8, 4) is 11.5 Å². The number of carbonyl (C=O) groups excluding carboxylic acids is 3. The van der Waals surface area contributed by atoms with Crippen LogP contribution in [0, 0.1) is 17.8 Å². The monoisotopic (exact) mass is 551 g/mol. The number of methoxy groups -OCH3 is 1. The zero-order chi connectivity index (χ0) is 28.5. The van der Waals surface area contributed by atoms with Crippen molar-refractivity contribution in [3.63, 3.8) is 0 Å². The SMILES string of the molecule is COc1ccc([C@@H]2C=C3c4ccc5ccccc5c4OC(=O)[C@@H]3[C@@H]3C(=O)N(c4ccc5ccccc5c4)C(=O)[C@@H]32)cc1. The second kappa shape index (κ2) is 9.14. The highest BCUT2D eigenvalue weighted by Gasteiger charge is 2.60. The fourth-order valence-electron chi connectivity index (χ4n) is 7.01. The summed E-state index contributed by atoms with van der Waals surface area (Å²) in [5.41, 5.74) is 2.89. The summed E-state index contributed by atoms with van der Waals surface area (Å²) in [5.74, 6) is -2.99. The van der Waals surface area contributed by atoms with Gasteiger partial charge in [0.1, 0.15) is 11.5 Å². The Hall–Kier alpha value is -5.23. The summed E-state index contributed by atoms with van der Waals surface area (Å²) in [7, 11) is 1.60. The molecule has 0 N–H and O–H groups in total. The van der Waals surface area contributed by atoms with Gasteiger partial charge in [-0.15, -0.1) is 0 Å². The van der Waals surface area contributed by atoms with Crippen molar-refractivity contribution in [2.75, 3.05) is 12.0 Å². The van der Waals surface area contributed by atoms with Crippen LogP contribution < -0.4 is 14.4 Å². The molecule has 0 spiro atoms. The van der Waals surface area contributed by atoms with Crippen molar-refractivity contribution in [2.45, 2.75) is 5.92 Å². The molecule has 4 atom stereocenters. The van der Waals surface area contributed by atoms with Gasteiger partial charge in [-0.25, -0.2) is 4.90 Å². The predicted molar refractivity (Wildman–Crippen MR) is 160 cm³/mol. The number of esters is 1. The van der Waals surface area contributed by atoms with Crippen LogP contribution in [0.15, 0.2) is 109 Å². The van der Waals surface area contributed by atoms with Gasteiger partial charge >= 0.3 is 5.97 Å². The number of imide groups is 1. The van der Waals surface area contributed by atoms with Crippen LogP contribution in [0.3, 0.4) is 0 Å². The Bertz CT molecular complexity index is 1990. The first-order valence-electron chi connectivity index (χ1n) is 14.0. The predicted octanol–water partition coefficient (Wildman–Crippen LogP) is 6.52. The average Bonchev–Trinajstić information content (AvgIpc) is 3.30. The van der Waals surface area contributed by atoms with Crippen LogP contribution in [-0.4, -0.2) is 24.9 Å². The van der Waals surface area contributed by atoms with E-state index in [9.17, 15) is 14.4 Å². The minimum absolute atomic E-state index is 0.312. The molecule has 204 valence electrons. The topological polar surface area (TPSA) is 72.9 Å². The molecule has 2 amide bonds. The Morgan fingerprint density at radius 3 is 2.19 bits per heavy atom. The van der Waals surface area contributed by atoms with E-state index in [1.807, 2.05) is 103 Å². The first kappa shape index (κ1) is 24.6. The smallest absolute Gasteiger partial charge is 0.319 e. The van der Waals surface area contributed by atoms with Crippen molar-refractivity contribution in [3.05, 3.63) is 120 Å². The van der Waals surface area contributed by atoms with Crippen molar-refractivity contribution in [2.24, 2.45) is 17.8 Å². The number of anilines is 1. The van der Waals surface area contributed by atoms with Gasteiger partial charge in [0.25, 0.3) is 0 Å². The zero-order valence-corrected chi connectivity index (χ0v) is 22.7. The number of fused-ring (bicyclic) bond motifs is 8. The number of allylic oxidation sites excluding steroid dienone is 1. The Labute approximate surface area is 241 Å². The number of hydrogen-bond acceptors (Lipinski definition) is 5. The summed E-state index contributed by atoms with van der Waals surface area (Å²) in [6.07, 6.45) is 2.01. The normalized spacial score (nSPS) is 22.8. The summed E-state index contributed by atoms with van der Waals surface area (Å²) < 4.78 is 11.4. The minimum atomic E-state index is -0.900. The van der Waals surface area contributed by atoms with Gasteiger partial charge < -0.3 is 9.47 Å². The highest BCUT2D eigenvalue weighted by Crippen LogP contribution is 2.55. The second-order valence-corrected chi connectivity index (χ2v) is 11.1. The van der Waals surface area contributed by atoms with Crippen LogP contribution in [0.5, 0.6) is 11.5 Å². The highest BCUT2D eigenvalue weighted by atomic mass is 16.5. The lowest BCUT2D eigenvalue weighted by molar-refractivity contribution is -0.142. The molecule has 5 aromatic carbocycles. The lowest BCUT2D eigenvalue weighted by Crippen LogP contribution is -2.42. The molecule has 6 nitrogen and oxygen atoms in total. The van der Waals surface area contributed by atoms with Crippen LogP contribution in [0.4, 0.5) is 5.69 Å². The molecular formula is C36H25NO5. The average molecular weight is 552 g/mol. The van der Waals surface area contributed by atoms with E-state index in [4.69, 9.17) is 9.47 Å². The Kier molecular flexibility index (Phi) is 5.35.